The molecule has 0 aromatic heterocycles. The van der Waals surface area contributed by atoms with Crippen molar-refractivity contribution in [3.05, 3.63) is 59.4 Å². The van der Waals surface area contributed by atoms with E-state index in [0.29, 0.717) is 36.5 Å². The minimum absolute atomic E-state index is 0.0775. The maximum Gasteiger partial charge on any atom is 0.253 e. The van der Waals surface area contributed by atoms with Gasteiger partial charge in [-0.2, -0.15) is 0 Å². The fraction of sp³-hybridized carbons (Fsp3) is 0.417. The molecule has 2 fully saturated rings. The second kappa shape index (κ2) is 9.47. The Morgan fingerprint density at radius 1 is 1.13 bits per heavy atom. The normalized spacial score (nSPS) is 21.0. The summed E-state index contributed by atoms with van der Waals surface area (Å²) in [6.45, 7) is 3.86. The van der Waals surface area contributed by atoms with Crippen molar-refractivity contribution in [2.45, 2.75) is 44.8 Å². The smallest absolute Gasteiger partial charge is 0.253 e. The van der Waals surface area contributed by atoms with Crippen molar-refractivity contribution in [3.63, 3.8) is 0 Å². The van der Waals surface area contributed by atoms with Crippen LogP contribution in [0.2, 0.25) is 0 Å². The van der Waals surface area contributed by atoms with E-state index in [1.807, 2.05) is 17.9 Å². The Morgan fingerprint density at radius 2 is 2.00 bits per heavy atom. The predicted molar refractivity (Wildman–Crippen MR) is 118 cm³/mol. The molecule has 0 bridgehead atoms. The van der Waals surface area contributed by atoms with Gasteiger partial charge in [-0.3, -0.25) is 9.59 Å². The fourth-order valence-electron chi connectivity index (χ4n) is 4.19. The van der Waals surface area contributed by atoms with Gasteiger partial charge in [0.05, 0.1) is 5.69 Å². The number of piperidine rings is 1. The van der Waals surface area contributed by atoms with Gasteiger partial charge in [0.1, 0.15) is 11.9 Å². The van der Waals surface area contributed by atoms with Gasteiger partial charge in [-0.05, 0) is 68.5 Å². The molecule has 7 heteroatoms. The highest BCUT2D eigenvalue weighted by Gasteiger charge is 2.25. The van der Waals surface area contributed by atoms with Gasteiger partial charge in [-0.15, -0.1) is 0 Å². The molecule has 2 aliphatic heterocycles. The van der Waals surface area contributed by atoms with Crippen LogP contribution in [0, 0.1) is 12.7 Å². The van der Waals surface area contributed by atoms with Crippen LogP contribution < -0.4 is 15.5 Å². The third kappa shape index (κ3) is 5.22. The highest BCUT2D eigenvalue weighted by atomic mass is 19.1. The zero-order chi connectivity index (χ0) is 21.8. The number of carbonyl (C=O) groups excluding carboxylic acids is 2. The Kier molecular flexibility index (Phi) is 6.51. The largest absolute Gasteiger partial charge is 0.368 e. The van der Waals surface area contributed by atoms with Crippen LogP contribution >= 0.6 is 0 Å². The number of amides is 2. The summed E-state index contributed by atoms with van der Waals surface area (Å²) in [4.78, 5) is 27.1. The Labute approximate surface area is 181 Å². The number of rotatable bonds is 5. The van der Waals surface area contributed by atoms with E-state index in [2.05, 4.69) is 10.6 Å². The summed E-state index contributed by atoms with van der Waals surface area (Å²) in [5.41, 5.74) is 2.63. The average Bonchev–Trinajstić information content (AvgIpc) is 3.31. The summed E-state index contributed by atoms with van der Waals surface area (Å²) in [5, 5.41) is 5.89. The van der Waals surface area contributed by atoms with Crippen LogP contribution in [-0.2, 0) is 9.53 Å². The Balaban J connectivity index is 1.38. The van der Waals surface area contributed by atoms with Crippen molar-refractivity contribution in [2.24, 2.45) is 0 Å². The minimum atomic E-state index is -0.423. The van der Waals surface area contributed by atoms with Gasteiger partial charge >= 0.3 is 0 Å². The van der Waals surface area contributed by atoms with E-state index < -0.39 is 6.10 Å². The summed E-state index contributed by atoms with van der Waals surface area (Å²) in [7, 11) is 0. The van der Waals surface area contributed by atoms with Crippen LogP contribution in [0.1, 0.15) is 41.6 Å². The van der Waals surface area contributed by atoms with Gasteiger partial charge in [-0.25, -0.2) is 4.39 Å². The van der Waals surface area contributed by atoms with Crippen LogP contribution in [0.25, 0.3) is 0 Å². The number of hydrogen-bond donors (Lipinski definition) is 2. The van der Waals surface area contributed by atoms with Gasteiger partial charge in [-0.1, -0.05) is 12.1 Å². The lowest BCUT2D eigenvalue weighted by molar-refractivity contribution is -0.124. The van der Waals surface area contributed by atoms with Gasteiger partial charge in [0.15, 0.2) is 0 Å². The molecule has 164 valence electrons. The first-order valence-corrected chi connectivity index (χ1v) is 10.8. The molecule has 2 aromatic rings. The molecule has 2 aliphatic rings. The number of nitrogens with one attached hydrogen (secondary N) is 2. The Bertz CT molecular complexity index is 959. The first-order chi connectivity index (χ1) is 15.0. The Hall–Kier alpha value is -2.93. The lowest BCUT2D eigenvalue weighted by Gasteiger charge is -2.35. The molecule has 0 spiro atoms. The molecule has 2 atom stereocenters. The van der Waals surface area contributed by atoms with Crippen LogP contribution in [0.3, 0.4) is 0 Å². The first kappa shape index (κ1) is 21.3. The van der Waals surface area contributed by atoms with Gasteiger partial charge in [0, 0.05) is 37.0 Å². The lowest BCUT2D eigenvalue weighted by Crippen LogP contribution is -2.48. The number of anilines is 2. The number of hydrogen-bond acceptors (Lipinski definition) is 4. The van der Waals surface area contributed by atoms with Crippen molar-refractivity contribution >= 4 is 23.2 Å². The summed E-state index contributed by atoms with van der Waals surface area (Å²) in [5.74, 6) is -0.629. The molecule has 2 heterocycles. The van der Waals surface area contributed by atoms with E-state index >= 15 is 0 Å². The second-order valence-electron chi connectivity index (χ2n) is 8.29. The molecule has 0 saturated carbocycles. The molecular formula is C24H28FN3O3. The molecule has 2 saturated heterocycles. The predicted octanol–water partition coefficient (Wildman–Crippen LogP) is 3.65. The standard InChI is InChI=1S/C24H28FN3O3/c1-16-9-10-20(25)21(13-16)28-11-3-7-19(15-28)27-23(29)17-5-2-6-18(14-17)26-24(30)22-8-4-12-31-22/h2,5-6,9-10,13-14,19,22H,3-4,7-8,11-12,15H2,1H3,(H,26,30)(H,27,29). The van der Waals surface area contributed by atoms with E-state index in [4.69, 9.17) is 4.74 Å². The van der Waals surface area contributed by atoms with Crippen molar-refractivity contribution in [1.82, 2.24) is 5.32 Å². The zero-order valence-corrected chi connectivity index (χ0v) is 17.7. The number of halogens is 1. The quantitative estimate of drug-likeness (QED) is 0.767. The molecule has 6 nitrogen and oxygen atoms in total. The van der Waals surface area contributed by atoms with E-state index in [1.54, 1.807) is 30.3 Å². The molecule has 4 rings (SSSR count). The van der Waals surface area contributed by atoms with Gasteiger partial charge < -0.3 is 20.3 Å². The average molecular weight is 426 g/mol. The topological polar surface area (TPSA) is 70.7 Å². The zero-order valence-electron chi connectivity index (χ0n) is 17.7. The van der Waals surface area contributed by atoms with Crippen LogP contribution in [0.15, 0.2) is 42.5 Å². The maximum absolute atomic E-state index is 14.3. The molecule has 31 heavy (non-hydrogen) atoms. The number of aryl methyl sites for hydroxylation is 1. The van der Waals surface area contributed by atoms with Crippen molar-refractivity contribution in [1.29, 1.82) is 0 Å². The third-order valence-corrected chi connectivity index (χ3v) is 5.81. The SMILES string of the molecule is Cc1ccc(F)c(N2CCCC(NC(=O)c3cccc(NC(=O)C4CCCO4)c3)C2)c1. The van der Waals surface area contributed by atoms with E-state index in [0.717, 1.165) is 31.4 Å². The highest BCUT2D eigenvalue weighted by Crippen LogP contribution is 2.25. The van der Waals surface area contributed by atoms with Crippen molar-refractivity contribution in [2.75, 3.05) is 29.9 Å². The Morgan fingerprint density at radius 3 is 2.81 bits per heavy atom. The molecule has 2 unspecified atom stereocenters. The molecule has 0 radical (unpaired) electrons. The van der Waals surface area contributed by atoms with Crippen molar-refractivity contribution < 1.29 is 18.7 Å². The summed E-state index contributed by atoms with van der Waals surface area (Å²) in [6, 6.07) is 11.9. The van der Waals surface area contributed by atoms with Gasteiger partial charge in [0.25, 0.3) is 11.8 Å². The number of ether oxygens (including phenoxy) is 1. The lowest BCUT2D eigenvalue weighted by atomic mass is 10.0. The van der Waals surface area contributed by atoms with Crippen LogP contribution in [-0.4, -0.2) is 43.7 Å². The highest BCUT2D eigenvalue weighted by molar-refractivity contribution is 5.98. The van der Waals surface area contributed by atoms with E-state index in [1.165, 1.54) is 6.07 Å². The van der Waals surface area contributed by atoms with Crippen LogP contribution in [0.5, 0.6) is 0 Å². The van der Waals surface area contributed by atoms with Gasteiger partial charge in [0.2, 0.25) is 0 Å². The maximum atomic E-state index is 14.3. The number of nitrogens with zero attached hydrogens (tertiary/aromatic N) is 1. The fourth-order valence-corrected chi connectivity index (χ4v) is 4.19. The summed E-state index contributed by atoms with van der Waals surface area (Å²) >= 11 is 0. The second-order valence-corrected chi connectivity index (χ2v) is 8.29. The monoisotopic (exact) mass is 425 g/mol. The molecular weight excluding hydrogens is 397 g/mol. The molecule has 2 N–H and O–H groups in total. The van der Waals surface area contributed by atoms with Crippen molar-refractivity contribution in [3.8, 4) is 0 Å². The van der Waals surface area contributed by atoms with E-state index in [-0.39, 0.29) is 23.7 Å². The summed E-state index contributed by atoms with van der Waals surface area (Å²) < 4.78 is 19.7. The summed E-state index contributed by atoms with van der Waals surface area (Å²) in [6.07, 6.45) is 2.88. The molecule has 2 aromatic carbocycles. The minimum Gasteiger partial charge on any atom is -0.368 e. The number of carbonyl (C=O) groups is 2. The third-order valence-electron chi connectivity index (χ3n) is 5.81. The van der Waals surface area contributed by atoms with E-state index in [9.17, 15) is 14.0 Å². The number of benzene rings is 2. The van der Waals surface area contributed by atoms with Crippen LogP contribution in [0.4, 0.5) is 15.8 Å². The first-order valence-electron chi connectivity index (χ1n) is 10.8. The molecule has 2 amide bonds. The molecule has 0 aliphatic carbocycles.